The number of amides is 1. The zero-order chi connectivity index (χ0) is 13.8. The van der Waals surface area contributed by atoms with Crippen LogP contribution in [0.3, 0.4) is 0 Å². The normalized spacial score (nSPS) is 24.2. The maximum Gasteiger partial charge on any atom is 0.249 e. The third-order valence-corrected chi connectivity index (χ3v) is 3.64. The van der Waals surface area contributed by atoms with Gasteiger partial charge in [0.25, 0.3) is 0 Å². The first kappa shape index (κ1) is 14.3. The second-order valence-corrected chi connectivity index (χ2v) is 5.28. The molecular formula is C14H19ClN2O2. The van der Waals surface area contributed by atoms with E-state index in [0.717, 1.165) is 18.4 Å². The van der Waals surface area contributed by atoms with Gasteiger partial charge in [0.1, 0.15) is 6.10 Å². The van der Waals surface area contributed by atoms with Gasteiger partial charge in [-0.25, -0.2) is 0 Å². The number of hydrogen-bond acceptors (Lipinski definition) is 3. The Labute approximate surface area is 118 Å². The van der Waals surface area contributed by atoms with Gasteiger partial charge >= 0.3 is 0 Å². The molecule has 0 radical (unpaired) electrons. The van der Waals surface area contributed by atoms with Crippen molar-refractivity contribution in [3.05, 3.63) is 34.9 Å². The lowest BCUT2D eigenvalue weighted by molar-refractivity contribution is -0.132. The topological polar surface area (TPSA) is 64.4 Å². The average molecular weight is 283 g/mol. The van der Waals surface area contributed by atoms with Crippen molar-refractivity contribution in [1.29, 1.82) is 0 Å². The van der Waals surface area contributed by atoms with Crippen molar-refractivity contribution in [3.8, 4) is 0 Å². The molecule has 3 atom stereocenters. The Morgan fingerprint density at radius 2 is 2.16 bits per heavy atom. The molecule has 1 aliphatic rings. The predicted molar refractivity (Wildman–Crippen MR) is 75.0 cm³/mol. The van der Waals surface area contributed by atoms with E-state index in [1.165, 1.54) is 0 Å². The molecule has 1 saturated heterocycles. The Morgan fingerprint density at radius 3 is 2.74 bits per heavy atom. The summed E-state index contributed by atoms with van der Waals surface area (Å²) >= 11 is 5.84. The van der Waals surface area contributed by atoms with Crippen LogP contribution in [-0.2, 0) is 9.53 Å². The minimum Gasteiger partial charge on any atom is -0.364 e. The lowest BCUT2D eigenvalue weighted by Gasteiger charge is -2.18. The van der Waals surface area contributed by atoms with Crippen LogP contribution in [0, 0.1) is 0 Å². The number of benzene rings is 1. The van der Waals surface area contributed by atoms with Gasteiger partial charge in [-0.15, -0.1) is 0 Å². The van der Waals surface area contributed by atoms with Gasteiger partial charge in [0.05, 0.1) is 12.1 Å². The zero-order valence-corrected chi connectivity index (χ0v) is 11.7. The van der Waals surface area contributed by atoms with E-state index in [2.05, 4.69) is 5.32 Å². The first-order chi connectivity index (χ1) is 9.10. The van der Waals surface area contributed by atoms with Crippen LogP contribution in [0.15, 0.2) is 24.3 Å². The van der Waals surface area contributed by atoms with E-state index in [0.29, 0.717) is 11.6 Å². The van der Waals surface area contributed by atoms with Gasteiger partial charge in [0.2, 0.25) is 5.91 Å². The van der Waals surface area contributed by atoms with Crippen LogP contribution in [0.25, 0.3) is 0 Å². The molecule has 3 N–H and O–H groups in total. The summed E-state index contributed by atoms with van der Waals surface area (Å²) < 4.78 is 5.57. The molecule has 19 heavy (non-hydrogen) atoms. The molecule has 2 rings (SSSR count). The number of rotatable bonds is 4. The van der Waals surface area contributed by atoms with Crippen molar-refractivity contribution in [1.82, 2.24) is 5.32 Å². The molecule has 0 spiro atoms. The number of nitrogens with two attached hydrogens (primary N) is 1. The zero-order valence-electron chi connectivity index (χ0n) is 10.9. The summed E-state index contributed by atoms with van der Waals surface area (Å²) in [4.78, 5) is 12.1. The molecule has 1 heterocycles. The quantitative estimate of drug-likeness (QED) is 0.888. The van der Waals surface area contributed by atoms with E-state index in [1.807, 2.05) is 31.2 Å². The Kier molecular flexibility index (Phi) is 4.80. The van der Waals surface area contributed by atoms with Crippen molar-refractivity contribution >= 4 is 17.5 Å². The van der Waals surface area contributed by atoms with E-state index in [1.54, 1.807) is 0 Å². The summed E-state index contributed by atoms with van der Waals surface area (Å²) in [6.07, 6.45) is 1.23. The molecule has 1 aliphatic heterocycles. The van der Waals surface area contributed by atoms with Crippen LogP contribution in [-0.4, -0.2) is 24.7 Å². The molecule has 0 saturated carbocycles. The molecule has 1 aromatic carbocycles. The Hall–Kier alpha value is -1.10. The summed E-state index contributed by atoms with van der Waals surface area (Å²) in [6.45, 7) is 2.41. The van der Waals surface area contributed by atoms with Crippen LogP contribution in [0.2, 0.25) is 5.02 Å². The summed E-state index contributed by atoms with van der Waals surface area (Å²) in [5, 5.41) is 3.64. The summed E-state index contributed by atoms with van der Waals surface area (Å²) in [5.41, 5.74) is 6.55. The molecule has 4 nitrogen and oxygen atoms in total. The van der Waals surface area contributed by atoms with Gasteiger partial charge in [0, 0.05) is 11.6 Å². The molecule has 2 unspecified atom stereocenters. The number of nitrogens with one attached hydrogen (secondary N) is 1. The molecule has 0 aliphatic carbocycles. The molecule has 1 aromatic rings. The van der Waals surface area contributed by atoms with Gasteiger partial charge in [0.15, 0.2) is 0 Å². The second-order valence-electron chi connectivity index (χ2n) is 4.84. The fraction of sp³-hybridized carbons (Fsp3) is 0.500. The van der Waals surface area contributed by atoms with Crippen LogP contribution in [0.4, 0.5) is 0 Å². The predicted octanol–water partition coefficient (Wildman–Crippen LogP) is 2.02. The minimum absolute atomic E-state index is 0.0154. The highest BCUT2D eigenvalue weighted by molar-refractivity contribution is 6.30. The van der Waals surface area contributed by atoms with Gasteiger partial charge in [-0.05, 0) is 37.5 Å². The third kappa shape index (κ3) is 3.69. The van der Waals surface area contributed by atoms with Gasteiger partial charge < -0.3 is 15.8 Å². The van der Waals surface area contributed by atoms with E-state index < -0.39 is 0 Å². The number of carbonyl (C=O) groups excluding carboxylic acids is 1. The van der Waals surface area contributed by atoms with Crippen molar-refractivity contribution in [3.63, 3.8) is 0 Å². The van der Waals surface area contributed by atoms with E-state index in [4.69, 9.17) is 22.1 Å². The number of halogens is 1. The minimum atomic E-state index is -0.372. The van der Waals surface area contributed by atoms with Crippen molar-refractivity contribution in [2.24, 2.45) is 5.73 Å². The molecular weight excluding hydrogens is 264 g/mol. The maximum absolute atomic E-state index is 12.1. The molecule has 5 heteroatoms. The number of carbonyl (C=O) groups is 1. The Balaban J connectivity index is 1.90. The van der Waals surface area contributed by atoms with Crippen LogP contribution in [0.5, 0.6) is 0 Å². The smallest absolute Gasteiger partial charge is 0.249 e. The van der Waals surface area contributed by atoms with Crippen molar-refractivity contribution < 1.29 is 9.53 Å². The lowest BCUT2D eigenvalue weighted by Crippen LogP contribution is -2.36. The Morgan fingerprint density at radius 1 is 1.47 bits per heavy atom. The average Bonchev–Trinajstić information content (AvgIpc) is 2.88. The maximum atomic E-state index is 12.1. The summed E-state index contributed by atoms with van der Waals surface area (Å²) in [5.74, 6) is -0.0709. The van der Waals surface area contributed by atoms with E-state index in [-0.39, 0.29) is 24.2 Å². The van der Waals surface area contributed by atoms with Crippen molar-refractivity contribution in [2.45, 2.75) is 38.0 Å². The van der Waals surface area contributed by atoms with Crippen LogP contribution in [0.1, 0.15) is 31.4 Å². The fourth-order valence-electron chi connectivity index (χ4n) is 2.21. The standard InChI is InChI=1S/C14H19ClN2O2/c1-9(10-2-4-11(15)5-3-10)17-14(18)13-7-6-12(8-16)19-13/h2-5,9,12-13H,6-8,16H2,1H3,(H,17,18)/t9-,12?,13?/m1/s1. The highest BCUT2D eigenvalue weighted by atomic mass is 35.5. The first-order valence-electron chi connectivity index (χ1n) is 6.51. The monoisotopic (exact) mass is 282 g/mol. The van der Waals surface area contributed by atoms with E-state index >= 15 is 0 Å². The SMILES string of the molecule is C[C@@H](NC(=O)C1CCC(CN)O1)c1ccc(Cl)cc1. The van der Waals surface area contributed by atoms with Gasteiger partial charge in [-0.2, -0.15) is 0 Å². The first-order valence-corrected chi connectivity index (χ1v) is 6.89. The van der Waals surface area contributed by atoms with Crippen LogP contribution < -0.4 is 11.1 Å². The lowest BCUT2D eigenvalue weighted by atomic mass is 10.1. The summed E-state index contributed by atoms with van der Waals surface area (Å²) in [7, 11) is 0. The van der Waals surface area contributed by atoms with Crippen molar-refractivity contribution in [2.75, 3.05) is 6.54 Å². The third-order valence-electron chi connectivity index (χ3n) is 3.39. The fourth-order valence-corrected chi connectivity index (χ4v) is 2.34. The second kappa shape index (κ2) is 6.37. The number of hydrogen-bond donors (Lipinski definition) is 2. The molecule has 0 bridgehead atoms. The number of ether oxygens (including phenoxy) is 1. The molecule has 1 amide bonds. The highest BCUT2D eigenvalue weighted by Gasteiger charge is 2.30. The van der Waals surface area contributed by atoms with Crippen LogP contribution >= 0.6 is 11.6 Å². The van der Waals surface area contributed by atoms with Gasteiger partial charge in [-0.1, -0.05) is 23.7 Å². The molecule has 104 valence electrons. The summed E-state index contributed by atoms with van der Waals surface area (Å²) in [6, 6.07) is 7.38. The Bertz CT molecular complexity index is 436. The van der Waals surface area contributed by atoms with E-state index in [9.17, 15) is 4.79 Å². The molecule has 1 fully saturated rings. The largest absolute Gasteiger partial charge is 0.364 e. The van der Waals surface area contributed by atoms with Gasteiger partial charge in [-0.3, -0.25) is 4.79 Å². The molecule has 0 aromatic heterocycles. The highest BCUT2D eigenvalue weighted by Crippen LogP contribution is 2.21.